The third kappa shape index (κ3) is 1.48. The van der Waals surface area contributed by atoms with Crippen molar-refractivity contribution in [3.63, 3.8) is 0 Å². The highest BCUT2D eigenvalue weighted by Gasteiger charge is 2.19. The van der Waals surface area contributed by atoms with E-state index in [1.165, 1.54) is 0 Å². The molecule has 2 heterocycles. The summed E-state index contributed by atoms with van der Waals surface area (Å²) in [6.45, 7) is 2.20. The van der Waals surface area contributed by atoms with Crippen molar-refractivity contribution in [1.29, 1.82) is 0 Å². The second-order valence-corrected chi connectivity index (χ2v) is 4.23. The zero-order chi connectivity index (χ0) is 12.7. The Balaban J connectivity index is 2.20. The Hall–Kier alpha value is -2.30. The van der Waals surface area contributed by atoms with Crippen LogP contribution in [0.3, 0.4) is 0 Å². The number of hydrogen-bond acceptors (Lipinski definition) is 4. The van der Waals surface area contributed by atoms with Gasteiger partial charge in [-0.3, -0.25) is 4.79 Å². The van der Waals surface area contributed by atoms with Gasteiger partial charge in [0.15, 0.2) is 17.8 Å². The van der Waals surface area contributed by atoms with E-state index in [1.54, 1.807) is 17.9 Å². The topological polar surface area (TPSA) is 53.4 Å². The first-order valence-electron chi connectivity index (χ1n) is 5.58. The maximum Gasteiger partial charge on any atom is 0.231 e. The van der Waals surface area contributed by atoms with Gasteiger partial charge in [-0.15, -0.1) is 0 Å². The highest BCUT2D eigenvalue weighted by Crippen LogP contribution is 2.38. The molecular weight excluding hydrogens is 232 g/mol. The van der Waals surface area contributed by atoms with Crippen LogP contribution in [-0.4, -0.2) is 22.6 Å². The van der Waals surface area contributed by atoms with Gasteiger partial charge in [-0.2, -0.15) is 0 Å². The first kappa shape index (κ1) is 10.8. The van der Waals surface area contributed by atoms with E-state index in [0.717, 1.165) is 23.2 Å². The molecule has 0 fully saturated rings. The van der Waals surface area contributed by atoms with Crippen molar-refractivity contribution in [2.24, 2.45) is 7.05 Å². The van der Waals surface area contributed by atoms with Crippen LogP contribution < -0.4 is 9.47 Å². The Kier molecular flexibility index (Phi) is 2.33. The average Bonchev–Trinajstić information content (AvgIpc) is 2.93. The Labute approximate surface area is 104 Å². The second-order valence-electron chi connectivity index (χ2n) is 4.23. The lowest BCUT2D eigenvalue weighted by Gasteiger charge is -2.06. The van der Waals surface area contributed by atoms with Crippen molar-refractivity contribution >= 4 is 6.29 Å². The van der Waals surface area contributed by atoms with Crippen LogP contribution in [0.1, 0.15) is 16.1 Å². The van der Waals surface area contributed by atoms with E-state index in [1.807, 2.05) is 19.1 Å². The Morgan fingerprint density at radius 3 is 2.78 bits per heavy atom. The molecule has 1 aliphatic rings. The molecule has 1 aromatic carbocycles. The van der Waals surface area contributed by atoms with E-state index in [0.29, 0.717) is 17.1 Å². The molecule has 1 aromatic heterocycles. The first-order chi connectivity index (χ1) is 8.70. The lowest BCUT2D eigenvalue weighted by molar-refractivity contribution is 0.111. The van der Waals surface area contributed by atoms with Gasteiger partial charge in [-0.25, -0.2) is 4.98 Å². The minimum atomic E-state index is 0.237. The van der Waals surface area contributed by atoms with Crippen molar-refractivity contribution < 1.29 is 14.3 Å². The molecule has 0 unspecified atom stereocenters. The smallest absolute Gasteiger partial charge is 0.231 e. The summed E-state index contributed by atoms with van der Waals surface area (Å²) in [5, 5.41) is 0. The molecule has 0 spiro atoms. The number of fused-ring (bicyclic) bond motifs is 1. The van der Waals surface area contributed by atoms with Crippen LogP contribution in [0.25, 0.3) is 11.3 Å². The molecule has 0 saturated heterocycles. The number of ether oxygens (including phenoxy) is 2. The Bertz CT molecular complexity index is 631. The molecule has 18 heavy (non-hydrogen) atoms. The number of nitrogens with zero attached hydrogens (tertiary/aromatic N) is 2. The van der Waals surface area contributed by atoms with E-state index in [4.69, 9.17) is 9.47 Å². The van der Waals surface area contributed by atoms with Gasteiger partial charge in [-0.1, -0.05) is 0 Å². The van der Waals surface area contributed by atoms with Gasteiger partial charge >= 0.3 is 0 Å². The predicted molar refractivity (Wildman–Crippen MR) is 64.9 cm³/mol. The summed E-state index contributed by atoms with van der Waals surface area (Å²) in [5.41, 5.74) is 3.11. The maximum absolute atomic E-state index is 11.1. The molecule has 5 heteroatoms. The average molecular weight is 244 g/mol. The SMILES string of the molecule is Cc1cc2c(cc1-c1ncn(C)c1C=O)OCO2. The van der Waals surface area contributed by atoms with E-state index in [2.05, 4.69) is 4.98 Å². The zero-order valence-corrected chi connectivity index (χ0v) is 10.1. The monoisotopic (exact) mass is 244 g/mol. The standard InChI is InChI=1S/C13H12N2O3/c1-8-3-11-12(18-7-17-11)4-9(8)13-10(5-16)15(2)6-14-13/h3-6H,7H2,1-2H3. The molecule has 5 nitrogen and oxygen atoms in total. The summed E-state index contributed by atoms with van der Waals surface area (Å²) in [5.74, 6) is 1.43. The van der Waals surface area contributed by atoms with Gasteiger partial charge in [0.25, 0.3) is 0 Å². The summed E-state index contributed by atoms with van der Waals surface area (Å²) in [7, 11) is 1.79. The van der Waals surface area contributed by atoms with Crippen molar-refractivity contribution in [2.75, 3.05) is 6.79 Å². The molecule has 0 saturated carbocycles. The van der Waals surface area contributed by atoms with Crippen molar-refractivity contribution in [1.82, 2.24) is 9.55 Å². The van der Waals surface area contributed by atoms with Crippen LogP contribution >= 0.6 is 0 Å². The number of imidazole rings is 1. The third-order valence-corrected chi connectivity index (χ3v) is 3.07. The fourth-order valence-electron chi connectivity index (χ4n) is 2.08. The summed E-state index contributed by atoms with van der Waals surface area (Å²) < 4.78 is 12.4. The van der Waals surface area contributed by atoms with Crippen LogP contribution in [0.5, 0.6) is 11.5 Å². The molecule has 0 amide bonds. The molecule has 0 atom stereocenters. The summed E-state index contributed by atoms with van der Waals surface area (Å²) >= 11 is 0. The molecule has 2 aromatic rings. The van der Waals surface area contributed by atoms with Gasteiger partial charge in [0.2, 0.25) is 6.79 Å². The predicted octanol–water partition coefficient (Wildman–Crippen LogP) is 1.94. The maximum atomic E-state index is 11.1. The largest absolute Gasteiger partial charge is 0.454 e. The molecule has 3 rings (SSSR count). The number of aryl methyl sites for hydroxylation is 2. The molecule has 0 aliphatic carbocycles. The van der Waals surface area contributed by atoms with Gasteiger partial charge in [0, 0.05) is 12.6 Å². The number of benzene rings is 1. The highest BCUT2D eigenvalue weighted by molar-refractivity contribution is 5.85. The number of hydrogen-bond donors (Lipinski definition) is 0. The number of aldehydes is 1. The van der Waals surface area contributed by atoms with Gasteiger partial charge < -0.3 is 14.0 Å². The summed E-state index contributed by atoms with van der Waals surface area (Å²) in [6, 6.07) is 3.77. The lowest BCUT2D eigenvalue weighted by Crippen LogP contribution is -1.95. The highest BCUT2D eigenvalue weighted by atomic mass is 16.7. The lowest BCUT2D eigenvalue weighted by atomic mass is 10.0. The molecule has 0 radical (unpaired) electrons. The quantitative estimate of drug-likeness (QED) is 0.757. The second kappa shape index (κ2) is 3.87. The Morgan fingerprint density at radius 1 is 1.33 bits per heavy atom. The van der Waals surface area contributed by atoms with E-state index in [9.17, 15) is 4.79 Å². The van der Waals surface area contributed by atoms with Crippen LogP contribution in [0.15, 0.2) is 18.5 Å². The number of aromatic nitrogens is 2. The van der Waals surface area contributed by atoms with Crippen LogP contribution in [0, 0.1) is 6.92 Å². The van der Waals surface area contributed by atoms with Crippen LogP contribution in [0.4, 0.5) is 0 Å². The summed E-state index contributed by atoms with van der Waals surface area (Å²) in [4.78, 5) is 15.4. The zero-order valence-electron chi connectivity index (χ0n) is 10.1. The van der Waals surface area contributed by atoms with E-state index >= 15 is 0 Å². The van der Waals surface area contributed by atoms with E-state index in [-0.39, 0.29) is 6.79 Å². The Morgan fingerprint density at radius 2 is 2.06 bits per heavy atom. The van der Waals surface area contributed by atoms with Crippen molar-refractivity contribution in [3.05, 3.63) is 29.7 Å². The van der Waals surface area contributed by atoms with Crippen molar-refractivity contribution in [2.45, 2.75) is 6.92 Å². The molecular formula is C13H12N2O3. The molecule has 92 valence electrons. The van der Waals surface area contributed by atoms with Gasteiger partial charge in [-0.05, 0) is 24.6 Å². The fraction of sp³-hybridized carbons (Fsp3) is 0.231. The fourth-order valence-corrected chi connectivity index (χ4v) is 2.08. The minimum absolute atomic E-state index is 0.237. The number of carbonyl (C=O) groups excluding carboxylic acids is 1. The van der Waals surface area contributed by atoms with Gasteiger partial charge in [0.05, 0.1) is 12.0 Å². The van der Waals surface area contributed by atoms with Gasteiger partial charge in [0.1, 0.15) is 5.69 Å². The summed E-state index contributed by atoms with van der Waals surface area (Å²) in [6.07, 6.45) is 2.44. The normalized spacial score (nSPS) is 12.8. The first-order valence-corrected chi connectivity index (χ1v) is 5.58. The number of carbonyl (C=O) groups is 1. The van der Waals surface area contributed by atoms with Crippen molar-refractivity contribution in [3.8, 4) is 22.8 Å². The number of rotatable bonds is 2. The molecule has 1 aliphatic heterocycles. The molecule has 0 N–H and O–H groups in total. The van der Waals surface area contributed by atoms with Crippen LogP contribution in [-0.2, 0) is 7.05 Å². The van der Waals surface area contributed by atoms with E-state index < -0.39 is 0 Å². The minimum Gasteiger partial charge on any atom is -0.454 e. The van der Waals surface area contributed by atoms with Crippen LogP contribution in [0.2, 0.25) is 0 Å². The third-order valence-electron chi connectivity index (χ3n) is 3.07. The molecule has 0 bridgehead atoms.